The summed E-state index contributed by atoms with van der Waals surface area (Å²) in [5.41, 5.74) is -2.26. The fourth-order valence-corrected chi connectivity index (χ4v) is 6.31. The first-order valence-corrected chi connectivity index (χ1v) is 14.6. The molecule has 0 aromatic heterocycles. The first kappa shape index (κ1) is 32.2. The minimum Gasteiger partial charge on any atom is -0.743 e. The van der Waals surface area contributed by atoms with Gasteiger partial charge < -0.3 is 18.8 Å². The number of nitrogens with zero attached hydrogens (tertiary/aromatic N) is 1. The van der Waals surface area contributed by atoms with E-state index in [1.807, 2.05) is 67.8 Å². The predicted molar refractivity (Wildman–Crippen MR) is 152 cm³/mol. The Kier molecular flexibility index (Phi) is 10.8. The summed E-state index contributed by atoms with van der Waals surface area (Å²) in [5, 5.41) is 6.29. The van der Waals surface area contributed by atoms with Gasteiger partial charge in [0.2, 0.25) is 0 Å². The number of nitro benzene ring substituents is 1. The van der Waals surface area contributed by atoms with Crippen molar-refractivity contribution in [3.05, 3.63) is 59.3 Å². The van der Waals surface area contributed by atoms with E-state index < -0.39 is 61.8 Å². The quantitative estimate of drug-likeness (QED) is 0.0538. The number of rotatable bonds is 8. The second-order valence-corrected chi connectivity index (χ2v) is 12.3. The number of carbonyl (C=O) groups excluding carboxylic acids is 3. The van der Waals surface area contributed by atoms with E-state index in [9.17, 15) is 46.2 Å². The second-order valence-electron chi connectivity index (χ2n) is 6.49. The minimum atomic E-state index is -6.19. The lowest BCUT2D eigenvalue weighted by Gasteiger charge is -2.19. The SMILES string of the molecule is COC(=O)c1c(I)c(I)c(I)c(I)c1C(=O)Oc1ccc([N+](=O)[O-])c(C(=O)OCC(F)(F)S(=O)(=O)[O-])c1. The Balaban J connectivity index is 2.51. The summed E-state index contributed by atoms with van der Waals surface area (Å²) in [4.78, 5) is 47.9. The molecule has 0 atom stereocenters. The van der Waals surface area contributed by atoms with Crippen molar-refractivity contribution in [2.75, 3.05) is 13.7 Å². The summed E-state index contributed by atoms with van der Waals surface area (Å²) in [5.74, 6) is -4.25. The summed E-state index contributed by atoms with van der Waals surface area (Å²) < 4.78 is 74.5. The van der Waals surface area contributed by atoms with Gasteiger partial charge in [0.1, 0.15) is 11.3 Å². The zero-order valence-corrected chi connectivity index (χ0v) is 27.0. The van der Waals surface area contributed by atoms with Crippen molar-refractivity contribution in [2.45, 2.75) is 5.25 Å². The number of alkyl halides is 2. The summed E-state index contributed by atoms with van der Waals surface area (Å²) in [6.07, 6.45) is 0. The highest BCUT2D eigenvalue weighted by molar-refractivity contribution is 14.1. The number of benzene rings is 2. The molecule has 0 amide bonds. The molecule has 0 aliphatic heterocycles. The van der Waals surface area contributed by atoms with E-state index in [4.69, 9.17) is 9.47 Å². The molecule has 0 aliphatic rings. The number of methoxy groups -OCH3 is 1. The molecular weight excluding hydrogens is 984 g/mol. The van der Waals surface area contributed by atoms with Gasteiger partial charge in [-0.1, -0.05) is 0 Å². The van der Waals surface area contributed by atoms with Crippen molar-refractivity contribution < 1.29 is 55.3 Å². The smallest absolute Gasteiger partial charge is 0.367 e. The third-order valence-corrected chi connectivity index (χ3v) is 12.5. The molecule has 0 aliphatic carbocycles. The average molecular weight is 992 g/mol. The van der Waals surface area contributed by atoms with Gasteiger partial charge in [0.25, 0.3) is 5.69 Å². The van der Waals surface area contributed by atoms with Gasteiger partial charge in [0.05, 0.1) is 23.2 Å². The normalized spacial score (nSPS) is 11.6. The molecule has 0 spiro atoms. The van der Waals surface area contributed by atoms with Crippen molar-refractivity contribution in [1.82, 2.24) is 0 Å². The molecule has 0 fully saturated rings. The number of hydrogen-bond donors (Lipinski definition) is 0. The lowest BCUT2D eigenvalue weighted by atomic mass is 10.1. The van der Waals surface area contributed by atoms with E-state index in [0.29, 0.717) is 26.4 Å². The maximum absolute atomic E-state index is 13.3. The standard InChI is InChI=1S/C18H9F2I4NO11S/c1-34-16(27)9-10(12(22)14(24)13(23)11(9)21)17(28)36-6-2-3-8(25(29)30)7(4-6)15(26)35-5-18(19,20)37(31,32)33/h2-4H,5H2,1H3,(H,31,32,33)/p-1. The van der Waals surface area contributed by atoms with Gasteiger partial charge in [-0.3, -0.25) is 10.1 Å². The molecule has 0 saturated heterocycles. The molecule has 2 rings (SSSR count). The molecule has 37 heavy (non-hydrogen) atoms. The van der Waals surface area contributed by atoms with Crippen LogP contribution in [0.15, 0.2) is 18.2 Å². The Morgan fingerprint density at radius 2 is 1.49 bits per heavy atom. The Morgan fingerprint density at radius 1 is 0.973 bits per heavy atom. The molecule has 200 valence electrons. The van der Waals surface area contributed by atoms with Crippen molar-refractivity contribution in [3.63, 3.8) is 0 Å². The zero-order chi connectivity index (χ0) is 28.5. The summed E-state index contributed by atoms with van der Waals surface area (Å²) >= 11 is 7.55. The number of hydrogen-bond acceptors (Lipinski definition) is 11. The zero-order valence-electron chi connectivity index (χ0n) is 17.6. The van der Waals surface area contributed by atoms with Crippen LogP contribution in [0, 0.1) is 24.4 Å². The van der Waals surface area contributed by atoms with Gasteiger partial charge in [0.15, 0.2) is 16.7 Å². The van der Waals surface area contributed by atoms with Crippen LogP contribution in [0.2, 0.25) is 0 Å². The van der Waals surface area contributed by atoms with E-state index in [2.05, 4.69) is 4.74 Å². The molecule has 12 nitrogen and oxygen atoms in total. The molecule has 0 bridgehead atoms. The maximum Gasteiger partial charge on any atom is 0.367 e. The van der Waals surface area contributed by atoms with Crippen molar-refractivity contribution in [3.8, 4) is 5.75 Å². The van der Waals surface area contributed by atoms with Crippen molar-refractivity contribution in [2.24, 2.45) is 0 Å². The molecule has 0 unspecified atom stereocenters. The summed E-state index contributed by atoms with van der Waals surface area (Å²) in [6, 6.07) is 2.24. The molecule has 2 aromatic carbocycles. The van der Waals surface area contributed by atoms with Crippen LogP contribution in [0.5, 0.6) is 5.75 Å². The lowest BCUT2D eigenvalue weighted by Crippen LogP contribution is -2.34. The van der Waals surface area contributed by atoms with Crippen LogP contribution in [-0.2, 0) is 19.6 Å². The molecule has 0 saturated carbocycles. The van der Waals surface area contributed by atoms with Crippen LogP contribution in [0.3, 0.4) is 0 Å². The molecule has 0 heterocycles. The van der Waals surface area contributed by atoms with Crippen molar-refractivity contribution in [1.29, 1.82) is 0 Å². The second kappa shape index (κ2) is 12.4. The highest BCUT2D eigenvalue weighted by Crippen LogP contribution is 2.34. The third-order valence-electron chi connectivity index (χ3n) is 4.19. The maximum atomic E-state index is 13.3. The van der Waals surface area contributed by atoms with E-state index in [-0.39, 0.29) is 11.1 Å². The monoisotopic (exact) mass is 992 g/mol. The van der Waals surface area contributed by atoms with E-state index in [0.717, 1.165) is 13.2 Å². The molecule has 0 N–H and O–H groups in total. The topological polar surface area (TPSA) is 179 Å². The number of esters is 3. The van der Waals surface area contributed by atoms with E-state index in [1.165, 1.54) is 0 Å². The number of carbonyl (C=O) groups is 3. The van der Waals surface area contributed by atoms with E-state index in [1.54, 1.807) is 22.6 Å². The first-order chi connectivity index (χ1) is 16.9. The van der Waals surface area contributed by atoms with Gasteiger partial charge in [-0.05, 0) is 96.4 Å². The van der Waals surface area contributed by atoms with Gasteiger partial charge in [0, 0.05) is 26.4 Å². The van der Waals surface area contributed by atoms with Crippen LogP contribution in [-0.4, -0.2) is 54.8 Å². The van der Waals surface area contributed by atoms with Gasteiger partial charge in [-0.2, -0.15) is 8.78 Å². The van der Waals surface area contributed by atoms with Gasteiger partial charge in [-0.15, -0.1) is 0 Å². The van der Waals surface area contributed by atoms with Gasteiger partial charge >= 0.3 is 23.2 Å². The fraction of sp³-hybridized carbons (Fsp3) is 0.167. The minimum absolute atomic E-state index is 0.120. The van der Waals surface area contributed by atoms with Crippen LogP contribution >= 0.6 is 90.4 Å². The van der Waals surface area contributed by atoms with E-state index >= 15 is 0 Å². The van der Waals surface area contributed by atoms with Crippen LogP contribution in [0.4, 0.5) is 14.5 Å². The summed E-state index contributed by atoms with van der Waals surface area (Å²) in [6.45, 7) is -2.21. The van der Waals surface area contributed by atoms with Crippen molar-refractivity contribution >= 4 is 124 Å². The Morgan fingerprint density at radius 3 is 1.95 bits per heavy atom. The molecule has 2 aromatic rings. The number of nitro groups is 1. The highest BCUT2D eigenvalue weighted by Gasteiger charge is 2.40. The molecule has 19 heteroatoms. The Bertz CT molecular complexity index is 1430. The van der Waals surface area contributed by atoms with Crippen LogP contribution in [0.1, 0.15) is 31.1 Å². The largest absolute Gasteiger partial charge is 0.743 e. The number of ether oxygens (including phenoxy) is 3. The average Bonchev–Trinajstić information content (AvgIpc) is 2.81. The molecular formula is C18H8F2I4NO11S-. The van der Waals surface area contributed by atoms with Gasteiger partial charge in [-0.25, -0.2) is 22.8 Å². The fourth-order valence-electron chi connectivity index (χ4n) is 2.48. The van der Waals surface area contributed by atoms with Crippen LogP contribution in [0.25, 0.3) is 0 Å². The number of halogens is 6. The Labute approximate surface area is 260 Å². The predicted octanol–water partition coefficient (Wildman–Crippen LogP) is 4.31. The highest BCUT2D eigenvalue weighted by atomic mass is 127. The molecule has 0 radical (unpaired) electrons. The van der Waals surface area contributed by atoms with Crippen LogP contribution < -0.4 is 4.74 Å². The lowest BCUT2D eigenvalue weighted by molar-refractivity contribution is -0.385. The summed E-state index contributed by atoms with van der Waals surface area (Å²) in [7, 11) is -5.09. The Hall–Kier alpha value is -1.06. The third kappa shape index (κ3) is 7.13. The first-order valence-electron chi connectivity index (χ1n) is 8.89.